The van der Waals surface area contributed by atoms with Crippen molar-refractivity contribution in [3.05, 3.63) is 36.0 Å². The lowest BCUT2D eigenvalue weighted by Gasteiger charge is -2.05. The van der Waals surface area contributed by atoms with Crippen molar-refractivity contribution in [1.29, 1.82) is 0 Å². The Bertz CT molecular complexity index is 546. The summed E-state index contributed by atoms with van der Waals surface area (Å²) >= 11 is 0. The molecule has 0 amide bonds. The lowest BCUT2D eigenvalue weighted by molar-refractivity contribution is 0.0527. The predicted octanol–water partition coefficient (Wildman–Crippen LogP) is 2.65. The fourth-order valence-electron chi connectivity index (χ4n) is 1.75. The first-order valence-electron chi connectivity index (χ1n) is 6.20. The van der Waals surface area contributed by atoms with Gasteiger partial charge in [-0.2, -0.15) is 5.10 Å². The molecule has 5 nitrogen and oxygen atoms in total. The van der Waals surface area contributed by atoms with Crippen LogP contribution in [0, 0.1) is 0 Å². The van der Waals surface area contributed by atoms with E-state index in [9.17, 15) is 4.79 Å². The smallest absolute Gasteiger partial charge is 0.341 e. The molecule has 1 heterocycles. The number of nitrogens with zero attached hydrogens (tertiary/aromatic N) is 1. The van der Waals surface area contributed by atoms with E-state index < -0.39 is 0 Å². The van der Waals surface area contributed by atoms with Gasteiger partial charge >= 0.3 is 5.97 Å². The lowest BCUT2D eigenvalue weighted by Crippen LogP contribution is -2.04. The van der Waals surface area contributed by atoms with E-state index in [0.29, 0.717) is 24.5 Å². The maximum atomic E-state index is 11.8. The van der Waals surface area contributed by atoms with Gasteiger partial charge in [0.25, 0.3) is 0 Å². The number of nitrogens with one attached hydrogen (secondary N) is 1. The molecule has 0 unspecified atom stereocenters. The molecule has 0 saturated heterocycles. The molecule has 0 radical (unpaired) electrons. The van der Waals surface area contributed by atoms with E-state index in [-0.39, 0.29) is 5.97 Å². The van der Waals surface area contributed by atoms with Crippen molar-refractivity contribution in [2.24, 2.45) is 0 Å². The third-order valence-electron chi connectivity index (χ3n) is 2.59. The van der Waals surface area contributed by atoms with Crippen LogP contribution in [0.5, 0.6) is 5.75 Å². The van der Waals surface area contributed by atoms with Gasteiger partial charge in [0.05, 0.1) is 25.1 Å². The van der Waals surface area contributed by atoms with Gasteiger partial charge in [0, 0.05) is 5.56 Å². The number of rotatable bonds is 5. The van der Waals surface area contributed by atoms with E-state index in [4.69, 9.17) is 9.47 Å². The summed E-state index contributed by atoms with van der Waals surface area (Å²) in [6.07, 6.45) is 1.48. The molecule has 19 heavy (non-hydrogen) atoms. The van der Waals surface area contributed by atoms with E-state index in [0.717, 1.165) is 11.3 Å². The van der Waals surface area contributed by atoms with Crippen molar-refractivity contribution < 1.29 is 14.3 Å². The number of carbonyl (C=O) groups is 1. The van der Waals surface area contributed by atoms with Crippen LogP contribution in [0.15, 0.2) is 30.5 Å². The molecule has 0 aliphatic rings. The Balaban J connectivity index is 2.26. The zero-order valence-corrected chi connectivity index (χ0v) is 11.0. The molecular formula is C14H16N2O3. The molecular weight excluding hydrogens is 244 g/mol. The summed E-state index contributed by atoms with van der Waals surface area (Å²) in [5, 5.41) is 6.72. The van der Waals surface area contributed by atoms with Crippen molar-refractivity contribution in [3.63, 3.8) is 0 Å². The molecule has 100 valence electrons. The van der Waals surface area contributed by atoms with E-state index in [1.165, 1.54) is 6.20 Å². The second kappa shape index (κ2) is 6.04. The van der Waals surface area contributed by atoms with Gasteiger partial charge in [-0.05, 0) is 38.1 Å². The first-order valence-corrected chi connectivity index (χ1v) is 6.20. The van der Waals surface area contributed by atoms with Gasteiger partial charge in [-0.15, -0.1) is 0 Å². The fraction of sp³-hybridized carbons (Fsp3) is 0.286. The van der Waals surface area contributed by atoms with Crippen LogP contribution in [0.25, 0.3) is 11.3 Å². The second-order valence-electron chi connectivity index (χ2n) is 3.84. The number of aromatic amines is 1. The number of aromatic nitrogens is 2. The zero-order chi connectivity index (χ0) is 13.7. The summed E-state index contributed by atoms with van der Waals surface area (Å²) < 4.78 is 10.4. The van der Waals surface area contributed by atoms with Gasteiger partial charge in [0.15, 0.2) is 0 Å². The molecule has 0 spiro atoms. The van der Waals surface area contributed by atoms with Crippen LogP contribution in [0.3, 0.4) is 0 Å². The Labute approximate surface area is 111 Å². The third-order valence-corrected chi connectivity index (χ3v) is 2.59. The van der Waals surface area contributed by atoms with Gasteiger partial charge in [-0.25, -0.2) is 4.79 Å². The molecule has 5 heteroatoms. The molecule has 0 saturated carbocycles. The van der Waals surface area contributed by atoms with E-state index in [2.05, 4.69) is 10.2 Å². The molecule has 0 fully saturated rings. The Morgan fingerprint density at radius 3 is 2.58 bits per heavy atom. The normalized spacial score (nSPS) is 10.2. The van der Waals surface area contributed by atoms with Crippen LogP contribution < -0.4 is 4.74 Å². The van der Waals surface area contributed by atoms with Crippen LogP contribution in [0.1, 0.15) is 24.2 Å². The average molecular weight is 260 g/mol. The quantitative estimate of drug-likeness (QED) is 0.839. The summed E-state index contributed by atoms with van der Waals surface area (Å²) in [6, 6.07) is 7.46. The number of ether oxygens (including phenoxy) is 2. The Morgan fingerprint density at radius 1 is 1.21 bits per heavy atom. The maximum absolute atomic E-state index is 11.8. The van der Waals surface area contributed by atoms with Crippen molar-refractivity contribution in [1.82, 2.24) is 10.2 Å². The van der Waals surface area contributed by atoms with Crippen molar-refractivity contribution in [2.75, 3.05) is 13.2 Å². The average Bonchev–Trinajstić information content (AvgIpc) is 2.89. The first kappa shape index (κ1) is 13.1. The summed E-state index contributed by atoms with van der Waals surface area (Å²) in [5.41, 5.74) is 1.96. The Hall–Kier alpha value is -2.30. The summed E-state index contributed by atoms with van der Waals surface area (Å²) in [6.45, 7) is 4.67. The maximum Gasteiger partial charge on any atom is 0.341 e. The third kappa shape index (κ3) is 2.93. The largest absolute Gasteiger partial charge is 0.494 e. The number of hydrogen-bond donors (Lipinski definition) is 1. The summed E-state index contributed by atoms with van der Waals surface area (Å²) in [7, 11) is 0. The minimum Gasteiger partial charge on any atom is -0.494 e. The van der Waals surface area contributed by atoms with Gasteiger partial charge in [-0.3, -0.25) is 5.10 Å². The zero-order valence-electron chi connectivity index (χ0n) is 11.0. The SMILES string of the molecule is CCOC(=O)c1cn[nH]c1-c1ccc(OCC)cc1. The highest BCUT2D eigenvalue weighted by atomic mass is 16.5. The molecule has 2 aromatic rings. The lowest BCUT2D eigenvalue weighted by atomic mass is 10.1. The van der Waals surface area contributed by atoms with Gasteiger partial charge in [0.1, 0.15) is 11.3 Å². The van der Waals surface area contributed by atoms with Crippen molar-refractivity contribution >= 4 is 5.97 Å². The van der Waals surface area contributed by atoms with Crippen LogP contribution >= 0.6 is 0 Å². The van der Waals surface area contributed by atoms with E-state index in [1.54, 1.807) is 6.92 Å². The van der Waals surface area contributed by atoms with Crippen molar-refractivity contribution in [2.45, 2.75) is 13.8 Å². The van der Waals surface area contributed by atoms with Crippen LogP contribution in [0.4, 0.5) is 0 Å². The van der Waals surface area contributed by atoms with Crippen LogP contribution in [0.2, 0.25) is 0 Å². The number of benzene rings is 1. The minimum atomic E-state index is -0.375. The Morgan fingerprint density at radius 2 is 1.95 bits per heavy atom. The second-order valence-corrected chi connectivity index (χ2v) is 3.84. The highest BCUT2D eigenvalue weighted by Gasteiger charge is 2.16. The highest BCUT2D eigenvalue weighted by molar-refractivity contribution is 5.95. The topological polar surface area (TPSA) is 64.2 Å². The molecule has 0 aliphatic heterocycles. The fourth-order valence-corrected chi connectivity index (χ4v) is 1.75. The van der Waals surface area contributed by atoms with Gasteiger partial charge < -0.3 is 9.47 Å². The molecule has 0 atom stereocenters. The molecule has 1 N–H and O–H groups in total. The minimum absolute atomic E-state index is 0.340. The van der Waals surface area contributed by atoms with Gasteiger partial charge in [-0.1, -0.05) is 0 Å². The van der Waals surface area contributed by atoms with E-state index in [1.807, 2.05) is 31.2 Å². The molecule has 0 bridgehead atoms. The van der Waals surface area contributed by atoms with E-state index >= 15 is 0 Å². The first-order chi connectivity index (χ1) is 9.26. The van der Waals surface area contributed by atoms with Crippen molar-refractivity contribution in [3.8, 4) is 17.0 Å². The number of hydrogen-bond acceptors (Lipinski definition) is 4. The number of H-pyrrole nitrogens is 1. The highest BCUT2D eigenvalue weighted by Crippen LogP contribution is 2.24. The number of carbonyl (C=O) groups excluding carboxylic acids is 1. The Kier molecular flexibility index (Phi) is 4.18. The predicted molar refractivity (Wildman–Crippen MR) is 71.1 cm³/mol. The summed E-state index contributed by atoms with van der Waals surface area (Å²) in [4.78, 5) is 11.8. The standard InChI is InChI=1S/C14H16N2O3/c1-3-18-11-7-5-10(6-8-11)13-12(9-15-16-13)14(17)19-4-2/h5-9H,3-4H2,1-2H3,(H,15,16). The summed E-state index contributed by atoms with van der Waals surface area (Å²) in [5.74, 6) is 0.420. The molecule has 0 aliphatic carbocycles. The molecule has 1 aromatic carbocycles. The van der Waals surface area contributed by atoms with Crippen LogP contribution in [-0.4, -0.2) is 29.4 Å². The molecule has 2 rings (SSSR count). The van der Waals surface area contributed by atoms with Crippen LogP contribution in [-0.2, 0) is 4.74 Å². The monoisotopic (exact) mass is 260 g/mol. The van der Waals surface area contributed by atoms with Gasteiger partial charge in [0.2, 0.25) is 0 Å². The number of esters is 1. The molecule has 1 aromatic heterocycles.